The molecule has 1 aromatic rings. The van der Waals surface area contributed by atoms with Crippen molar-refractivity contribution in [1.29, 1.82) is 0 Å². The highest BCUT2D eigenvalue weighted by Crippen LogP contribution is 2.34. The smallest absolute Gasteiger partial charge is 0.314 e. The van der Waals surface area contributed by atoms with E-state index in [4.69, 9.17) is 0 Å². The zero-order chi connectivity index (χ0) is 13.2. The summed E-state index contributed by atoms with van der Waals surface area (Å²) in [5, 5.41) is 9.96. The minimum atomic E-state index is -1.35. The average Bonchev–Trinajstić information content (AvgIpc) is 2.25. The van der Waals surface area contributed by atoms with E-state index in [0.717, 1.165) is 12.1 Å². The first-order chi connectivity index (χ1) is 7.78. The van der Waals surface area contributed by atoms with E-state index < -0.39 is 29.1 Å². The largest absolute Gasteiger partial charge is 0.469 e. The molecule has 0 bridgehead atoms. The van der Waals surface area contributed by atoms with Crippen molar-refractivity contribution in [2.75, 3.05) is 7.11 Å². The van der Waals surface area contributed by atoms with Gasteiger partial charge in [-0.3, -0.25) is 4.79 Å². The number of benzene rings is 1. The third kappa shape index (κ3) is 2.79. The van der Waals surface area contributed by atoms with Crippen molar-refractivity contribution in [3.8, 4) is 0 Å². The lowest BCUT2D eigenvalue weighted by molar-refractivity contribution is -0.157. The summed E-state index contributed by atoms with van der Waals surface area (Å²) in [6.45, 7) is 2.87. The van der Waals surface area contributed by atoms with Gasteiger partial charge >= 0.3 is 5.97 Å². The molecule has 0 radical (unpaired) electrons. The first-order valence-corrected chi connectivity index (χ1v) is 5.01. The van der Waals surface area contributed by atoms with Crippen LogP contribution in [0.2, 0.25) is 0 Å². The molecule has 1 unspecified atom stereocenters. The summed E-state index contributed by atoms with van der Waals surface area (Å²) >= 11 is 0. The Labute approximate surface area is 98.0 Å². The Kier molecular flexibility index (Phi) is 3.83. The van der Waals surface area contributed by atoms with Crippen LogP contribution in [0.3, 0.4) is 0 Å². The molecule has 0 spiro atoms. The fraction of sp³-hybridized carbons (Fsp3) is 0.417. The van der Waals surface area contributed by atoms with Gasteiger partial charge in [-0.15, -0.1) is 0 Å². The van der Waals surface area contributed by atoms with E-state index >= 15 is 0 Å². The van der Waals surface area contributed by atoms with E-state index in [0.29, 0.717) is 6.07 Å². The average molecular weight is 244 g/mol. The SMILES string of the molecule is COC(=O)C(C)(C)C(O)c1cc(F)cc(F)c1. The van der Waals surface area contributed by atoms with Crippen LogP contribution in [0.25, 0.3) is 0 Å². The Morgan fingerprint density at radius 2 is 1.76 bits per heavy atom. The van der Waals surface area contributed by atoms with E-state index in [1.54, 1.807) is 0 Å². The fourth-order valence-electron chi connectivity index (χ4n) is 1.52. The van der Waals surface area contributed by atoms with Crippen LogP contribution >= 0.6 is 0 Å². The Bertz CT molecular complexity index is 410. The number of carbonyl (C=O) groups excluding carboxylic acids is 1. The summed E-state index contributed by atoms with van der Waals surface area (Å²) in [5.74, 6) is -2.27. The Balaban J connectivity index is 3.11. The first kappa shape index (κ1) is 13.6. The molecule has 0 aliphatic rings. The molecule has 5 heteroatoms. The van der Waals surface area contributed by atoms with Crippen molar-refractivity contribution < 1.29 is 23.4 Å². The van der Waals surface area contributed by atoms with Crippen LogP contribution < -0.4 is 0 Å². The van der Waals surface area contributed by atoms with Crippen molar-refractivity contribution in [1.82, 2.24) is 0 Å². The molecule has 3 nitrogen and oxygen atoms in total. The number of esters is 1. The molecule has 0 saturated carbocycles. The zero-order valence-corrected chi connectivity index (χ0v) is 9.83. The molecular formula is C12H14F2O3. The predicted molar refractivity (Wildman–Crippen MR) is 57.1 cm³/mol. The monoisotopic (exact) mass is 244 g/mol. The third-order valence-corrected chi connectivity index (χ3v) is 2.60. The number of methoxy groups -OCH3 is 1. The molecule has 0 aliphatic carbocycles. The van der Waals surface area contributed by atoms with Crippen molar-refractivity contribution >= 4 is 5.97 Å². The summed E-state index contributed by atoms with van der Waals surface area (Å²) in [7, 11) is 1.18. The molecule has 0 amide bonds. The van der Waals surface area contributed by atoms with Crippen LogP contribution in [0.5, 0.6) is 0 Å². The van der Waals surface area contributed by atoms with Gasteiger partial charge in [0.1, 0.15) is 11.6 Å². The Morgan fingerprint density at radius 1 is 1.29 bits per heavy atom. The number of ether oxygens (including phenoxy) is 1. The summed E-state index contributed by atoms with van der Waals surface area (Å²) in [6.07, 6.45) is -1.35. The number of hydrogen-bond donors (Lipinski definition) is 1. The van der Waals surface area contributed by atoms with Gasteiger partial charge in [0, 0.05) is 6.07 Å². The van der Waals surface area contributed by atoms with Crippen LogP contribution in [0.1, 0.15) is 25.5 Å². The van der Waals surface area contributed by atoms with Crippen molar-refractivity contribution in [2.45, 2.75) is 20.0 Å². The van der Waals surface area contributed by atoms with Crippen molar-refractivity contribution in [3.05, 3.63) is 35.4 Å². The Hall–Kier alpha value is -1.49. The molecule has 0 aromatic heterocycles. The standard InChI is InChI=1S/C12H14F2O3/c1-12(2,11(16)17-3)10(15)7-4-8(13)6-9(14)5-7/h4-6,10,15H,1-3H3. The molecule has 1 atom stereocenters. The predicted octanol–water partition coefficient (Wildman–Crippen LogP) is 2.20. The van der Waals surface area contributed by atoms with Gasteiger partial charge in [0.15, 0.2) is 0 Å². The van der Waals surface area contributed by atoms with Gasteiger partial charge in [-0.2, -0.15) is 0 Å². The van der Waals surface area contributed by atoms with Crippen molar-refractivity contribution in [2.24, 2.45) is 5.41 Å². The lowest BCUT2D eigenvalue weighted by Crippen LogP contribution is -2.32. The summed E-state index contributed by atoms with van der Waals surface area (Å²) in [5.41, 5.74) is -1.28. The van der Waals surface area contributed by atoms with Crippen LogP contribution in [0.15, 0.2) is 18.2 Å². The van der Waals surface area contributed by atoms with E-state index in [1.165, 1.54) is 21.0 Å². The molecule has 0 aliphatic heterocycles. The highest BCUT2D eigenvalue weighted by Gasteiger charge is 2.38. The molecule has 0 saturated heterocycles. The number of aliphatic hydroxyl groups is 1. The summed E-state index contributed by atoms with van der Waals surface area (Å²) in [4.78, 5) is 11.4. The Morgan fingerprint density at radius 3 is 2.18 bits per heavy atom. The minimum Gasteiger partial charge on any atom is -0.469 e. The maximum Gasteiger partial charge on any atom is 0.314 e. The lowest BCUT2D eigenvalue weighted by Gasteiger charge is -2.27. The van der Waals surface area contributed by atoms with E-state index in [9.17, 15) is 18.7 Å². The van der Waals surface area contributed by atoms with Gasteiger partial charge in [0.05, 0.1) is 18.6 Å². The quantitative estimate of drug-likeness (QED) is 0.829. The molecular weight excluding hydrogens is 230 g/mol. The second-order valence-corrected chi connectivity index (χ2v) is 4.32. The van der Waals surface area contributed by atoms with Gasteiger partial charge in [-0.1, -0.05) is 0 Å². The van der Waals surface area contributed by atoms with Crippen LogP contribution in [-0.4, -0.2) is 18.2 Å². The number of rotatable bonds is 3. The zero-order valence-electron chi connectivity index (χ0n) is 9.83. The van der Waals surface area contributed by atoms with Crippen LogP contribution in [-0.2, 0) is 9.53 Å². The summed E-state index contributed by atoms with van der Waals surface area (Å²) < 4.78 is 30.5. The molecule has 1 aromatic carbocycles. The highest BCUT2D eigenvalue weighted by molar-refractivity contribution is 5.76. The maximum absolute atomic E-state index is 13.0. The molecule has 94 valence electrons. The van der Waals surface area contributed by atoms with Crippen LogP contribution in [0, 0.1) is 17.0 Å². The number of halogens is 2. The van der Waals surface area contributed by atoms with E-state index in [1.807, 2.05) is 0 Å². The topological polar surface area (TPSA) is 46.5 Å². The van der Waals surface area contributed by atoms with Gasteiger partial charge in [0.2, 0.25) is 0 Å². The first-order valence-electron chi connectivity index (χ1n) is 5.01. The normalized spacial score (nSPS) is 13.3. The molecule has 0 heterocycles. The molecule has 1 rings (SSSR count). The van der Waals surface area contributed by atoms with Gasteiger partial charge in [0.25, 0.3) is 0 Å². The number of hydrogen-bond acceptors (Lipinski definition) is 3. The molecule has 17 heavy (non-hydrogen) atoms. The van der Waals surface area contributed by atoms with Crippen molar-refractivity contribution in [3.63, 3.8) is 0 Å². The van der Waals surface area contributed by atoms with E-state index in [-0.39, 0.29) is 5.56 Å². The van der Waals surface area contributed by atoms with E-state index in [2.05, 4.69) is 4.74 Å². The number of aliphatic hydroxyl groups excluding tert-OH is 1. The third-order valence-electron chi connectivity index (χ3n) is 2.60. The van der Waals surface area contributed by atoms with Gasteiger partial charge in [-0.25, -0.2) is 8.78 Å². The lowest BCUT2D eigenvalue weighted by atomic mass is 9.82. The second kappa shape index (κ2) is 4.79. The fourth-order valence-corrected chi connectivity index (χ4v) is 1.52. The molecule has 0 fully saturated rings. The second-order valence-electron chi connectivity index (χ2n) is 4.32. The van der Waals surface area contributed by atoms with Gasteiger partial charge in [-0.05, 0) is 31.5 Å². The van der Waals surface area contributed by atoms with Crippen LogP contribution in [0.4, 0.5) is 8.78 Å². The summed E-state index contributed by atoms with van der Waals surface area (Å²) in [6, 6.07) is 2.66. The maximum atomic E-state index is 13.0. The molecule has 1 N–H and O–H groups in total. The van der Waals surface area contributed by atoms with Gasteiger partial charge < -0.3 is 9.84 Å². The minimum absolute atomic E-state index is 0.00194. The number of carbonyl (C=O) groups is 1. The highest BCUT2D eigenvalue weighted by atomic mass is 19.1.